The van der Waals surface area contributed by atoms with Crippen LogP contribution in [-0.2, 0) is 6.67 Å². The maximum absolute atomic E-state index is 12.3. The molecule has 2 aromatic rings. The molecule has 0 aliphatic heterocycles. The van der Waals surface area contributed by atoms with E-state index in [0.29, 0.717) is 16.3 Å². The monoisotopic (exact) mass is 278 g/mol. The number of hydrogen-bond donors (Lipinski definition) is 2. The lowest BCUT2D eigenvalue weighted by Crippen LogP contribution is -2.25. The fourth-order valence-corrected chi connectivity index (χ4v) is 1.92. The van der Waals surface area contributed by atoms with Crippen LogP contribution in [0.1, 0.15) is 16.1 Å². The Morgan fingerprint density at radius 2 is 1.95 bits per heavy atom. The van der Waals surface area contributed by atoms with Crippen molar-refractivity contribution in [3.05, 3.63) is 58.9 Å². The minimum absolute atomic E-state index is 0.00780. The largest absolute Gasteiger partial charge is 0.465 e. The molecule has 0 saturated heterocycles. The molecule has 0 spiro atoms. The zero-order valence-electron chi connectivity index (χ0n) is 9.84. The van der Waals surface area contributed by atoms with Crippen LogP contribution in [0.4, 0.5) is 4.79 Å². The molecule has 2 rings (SSSR count). The summed E-state index contributed by atoms with van der Waals surface area (Å²) >= 11 is 5.98. The zero-order chi connectivity index (χ0) is 13.8. The van der Waals surface area contributed by atoms with Gasteiger partial charge in [0.25, 0.3) is 0 Å². The molecule has 0 aliphatic rings. The Labute approximate surface area is 114 Å². The van der Waals surface area contributed by atoms with E-state index in [4.69, 9.17) is 16.7 Å². The number of nitrogens with zero attached hydrogens (tertiary/aromatic N) is 1. The van der Waals surface area contributed by atoms with Gasteiger partial charge in [0.15, 0.2) is 0 Å². The normalized spacial score (nSPS) is 10.2. The van der Waals surface area contributed by atoms with Crippen molar-refractivity contribution in [1.82, 2.24) is 9.88 Å². The van der Waals surface area contributed by atoms with Crippen LogP contribution in [-0.4, -0.2) is 21.6 Å². The van der Waals surface area contributed by atoms with Gasteiger partial charge in [-0.1, -0.05) is 23.7 Å². The van der Waals surface area contributed by atoms with Crippen LogP contribution in [0.5, 0.6) is 0 Å². The third-order valence-electron chi connectivity index (χ3n) is 2.58. The molecule has 1 heterocycles. The highest BCUT2D eigenvalue weighted by Crippen LogP contribution is 2.19. The predicted octanol–water partition coefficient (Wildman–Crippen LogP) is 2.60. The summed E-state index contributed by atoms with van der Waals surface area (Å²) in [5.41, 5.74) is 0.765. The Bertz CT molecular complexity index is 622. The number of halogens is 1. The number of carbonyl (C=O) groups is 2. The molecular weight excluding hydrogens is 268 g/mol. The summed E-state index contributed by atoms with van der Waals surface area (Å²) in [6.07, 6.45) is 0.477. The third-order valence-corrected chi connectivity index (χ3v) is 2.91. The fraction of sp³-hybridized carbons (Fsp3) is 0.0769. The summed E-state index contributed by atoms with van der Waals surface area (Å²) < 4.78 is 1.51. The van der Waals surface area contributed by atoms with Crippen molar-refractivity contribution in [3.63, 3.8) is 0 Å². The summed E-state index contributed by atoms with van der Waals surface area (Å²) in [5.74, 6) is -0.247. The summed E-state index contributed by atoms with van der Waals surface area (Å²) in [5, 5.41) is 11.1. The maximum Gasteiger partial charge on any atom is 0.406 e. The first-order valence-electron chi connectivity index (χ1n) is 5.51. The van der Waals surface area contributed by atoms with E-state index in [1.165, 1.54) is 4.57 Å². The number of nitrogens with one attached hydrogen (secondary N) is 1. The number of aromatic nitrogens is 1. The van der Waals surface area contributed by atoms with Crippen LogP contribution in [0.2, 0.25) is 5.02 Å². The molecule has 6 heteroatoms. The average molecular weight is 279 g/mol. The Balaban J connectivity index is 2.28. The van der Waals surface area contributed by atoms with Crippen molar-refractivity contribution in [3.8, 4) is 0 Å². The average Bonchev–Trinajstić information content (AvgIpc) is 2.84. The second-order valence-corrected chi connectivity index (χ2v) is 4.22. The Morgan fingerprint density at radius 3 is 2.63 bits per heavy atom. The summed E-state index contributed by atoms with van der Waals surface area (Å²) in [6, 6.07) is 10.0. The second kappa shape index (κ2) is 5.58. The van der Waals surface area contributed by atoms with Gasteiger partial charge in [-0.25, -0.2) is 4.79 Å². The van der Waals surface area contributed by atoms with Crippen molar-refractivity contribution in [2.75, 3.05) is 0 Å². The number of hydrogen-bond acceptors (Lipinski definition) is 2. The van der Waals surface area contributed by atoms with Crippen LogP contribution in [0.3, 0.4) is 0 Å². The molecule has 0 saturated carbocycles. The van der Waals surface area contributed by atoms with Crippen LogP contribution < -0.4 is 5.32 Å². The van der Waals surface area contributed by atoms with Gasteiger partial charge in [-0.3, -0.25) is 4.79 Å². The Morgan fingerprint density at radius 1 is 1.21 bits per heavy atom. The van der Waals surface area contributed by atoms with Gasteiger partial charge in [0.1, 0.15) is 0 Å². The lowest BCUT2D eigenvalue weighted by atomic mass is 10.1. The predicted molar refractivity (Wildman–Crippen MR) is 70.5 cm³/mol. The van der Waals surface area contributed by atoms with Gasteiger partial charge in [0.05, 0.1) is 17.4 Å². The van der Waals surface area contributed by atoms with Gasteiger partial charge in [0, 0.05) is 11.8 Å². The number of rotatable bonds is 4. The molecule has 0 radical (unpaired) electrons. The molecule has 0 unspecified atom stereocenters. The molecule has 1 aromatic carbocycles. The zero-order valence-corrected chi connectivity index (χ0v) is 10.6. The van der Waals surface area contributed by atoms with Crippen molar-refractivity contribution in [2.45, 2.75) is 6.67 Å². The number of carboxylic acid groups (broad SMARTS) is 1. The highest BCUT2D eigenvalue weighted by atomic mass is 35.5. The minimum Gasteiger partial charge on any atom is -0.465 e. The molecule has 1 amide bonds. The fourth-order valence-electron chi connectivity index (χ4n) is 1.69. The number of benzene rings is 1. The van der Waals surface area contributed by atoms with E-state index in [0.717, 1.165) is 0 Å². The van der Waals surface area contributed by atoms with Gasteiger partial charge < -0.3 is 15.0 Å². The minimum atomic E-state index is -1.15. The third kappa shape index (κ3) is 2.95. The number of ketones is 1. The molecule has 0 bridgehead atoms. The lowest BCUT2D eigenvalue weighted by molar-refractivity contribution is 0.102. The van der Waals surface area contributed by atoms with E-state index in [1.807, 2.05) is 0 Å². The van der Waals surface area contributed by atoms with Gasteiger partial charge in [0.2, 0.25) is 5.78 Å². The van der Waals surface area contributed by atoms with Crippen molar-refractivity contribution < 1.29 is 14.7 Å². The van der Waals surface area contributed by atoms with Gasteiger partial charge in [-0.15, -0.1) is 0 Å². The van der Waals surface area contributed by atoms with E-state index >= 15 is 0 Å². The SMILES string of the molecule is O=C(O)NCn1cccc1C(=O)c1ccccc1Cl. The number of amides is 1. The molecule has 0 fully saturated rings. The van der Waals surface area contributed by atoms with Crippen molar-refractivity contribution >= 4 is 23.5 Å². The van der Waals surface area contributed by atoms with Crippen molar-refractivity contribution in [1.29, 1.82) is 0 Å². The molecule has 1 aromatic heterocycles. The second-order valence-electron chi connectivity index (χ2n) is 3.81. The first-order chi connectivity index (χ1) is 9.09. The topological polar surface area (TPSA) is 71.3 Å². The Hall–Kier alpha value is -2.27. The highest BCUT2D eigenvalue weighted by Gasteiger charge is 2.15. The quantitative estimate of drug-likeness (QED) is 0.845. The Kier molecular flexibility index (Phi) is 3.87. The standard InChI is InChI=1S/C13H11ClN2O3/c14-10-5-2-1-4-9(10)12(17)11-6-3-7-16(11)8-15-13(18)19/h1-7,15H,8H2,(H,18,19). The van der Waals surface area contributed by atoms with E-state index in [1.54, 1.807) is 42.6 Å². The molecule has 5 nitrogen and oxygen atoms in total. The van der Waals surface area contributed by atoms with E-state index in [-0.39, 0.29) is 12.5 Å². The first-order valence-corrected chi connectivity index (χ1v) is 5.88. The van der Waals surface area contributed by atoms with Gasteiger partial charge in [-0.05, 0) is 24.3 Å². The number of carbonyl (C=O) groups excluding carboxylic acids is 1. The highest BCUT2D eigenvalue weighted by molar-refractivity contribution is 6.34. The van der Waals surface area contributed by atoms with Crippen molar-refractivity contribution in [2.24, 2.45) is 0 Å². The van der Waals surface area contributed by atoms with Gasteiger partial charge in [-0.2, -0.15) is 0 Å². The molecule has 19 heavy (non-hydrogen) atoms. The van der Waals surface area contributed by atoms with Crippen LogP contribution in [0, 0.1) is 0 Å². The molecular formula is C13H11ClN2O3. The summed E-state index contributed by atoms with van der Waals surface area (Å²) in [7, 11) is 0. The molecule has 98 valence electrons. The van der Waals surface area contributed by atoms with Crippen LogP contribution in [0.15, 0.2) is 42.6 Å². The van der Waals surface area contributed by atoms with Gasteiger partial charge >= 0.3 is 6.09 Å². The van der Waals surface area contributed by atoms with Crippen LogP contribution in [0.25, 0.3) is 0 Å². The van der Waals surface area contributed by atoms with E-state index in [9.17, 15) is 9.59 Å². The first kappa shape index (κ1) is 13.2. The molecule has 2 N–H and O–H groups in total. The molecule has 0 atom stereocenters. The summed E-state index contributed by atoms with van der Waals surface area (Å²) in [6.45, 7) is 0.00780. The molecule has 0 aliphatic carbocycles. The summed E-state index contributed by atoms with van der Waals surface area (Å²) in [4.78, 5) is 22.8. The van der Waals surface area contributed by atoms with E-state index < -0.39 is 6.09 Å². The maximum atomic E-state index is 12.3. The van der Waals surface area contributed by atoms with E-state index in [2.05, 4.69) is 5.32 Å². The smallest absolute Gasteiger partial charge is 0.406 e. The van der Waals surface area contributed by atoms with Crippen LogP contribution >= 0.6 is 11.6 Å². The lowest BCUT2D eigenvalue weighted by Gasteiger charge is -2.09.